The van der Waals surface area contributed by atoms with Crippen molar-refractivity contribution in [3.63, 3.8) is 0 Å². The second-order valence-electron chi connectivity index (χ2n) is 8.75. The molecule has 2 aliphatic heterocycles. The number of carbonyl (C=O) groups excluding carboxylic acids is 1. The minimum atomic E-state index is -5.08. The molecule has 1 aromatic heterocycles. The highest BCUT2D eigenvalue weighted by atomic mass is 19.4. The van der Waals surface area contributed by atoms with Crippen LogP contribution in [0.15, 0.2) is 24.5 Å². The molecule has 1 amide bonds. The number of likely N-dealkylation sites (tertiary alicyclic amines) is 2. The monoisotopic (exact) mass is 529 g/mol. The van der Waals surface area contributed by atoms with Crippen LogP contribution in [-0.4, -0.2) is 80.4 Å². The minimum Gasteiger partial charge on any atom is -0.475 e. The second kappa shape index (κ2) is 12.9. The van der Waals surface area contributed by atoms with Crippen molar-refractivity contribution in [2.45, 2.75) is 64.0 Å². The van der Waals surface area contributed by atoms with Gasteiger partial charge in [0, 0.05) is 37.9 Å². The van der Waals surface area contributed by atoms with Gasteiger partial charge >= 0.3 is 24.3 Å². The molecule has 36 heavy (non-hydrogen) atoms. The van der Waals surface area contributed by atoms with E-state index in [1.165, 1.54) is 12.0 Å². The van der Waals surface area contributed by atoms with Crippen LogP contribution in [0.2, 0.25) is 0 Å². The zero-order valence-corrected chi connectivity index (χ0v) is 19.8. The lowest BCUT2D eigenvalue weighted by Gasteiger charge is -2.46. The highest BCUT2D eigenvalue weighted by Crippen LogP contribution is 2.38. The summed E-state index contributed by atoms with van der Waals surface area (Å²) in [4.78, 5) is 39.3. The van der Waals surface area contributed by atoms with Crippen molar-refractivity contribution in [2.75, 3.05) is 19.6 Å². The maximum atomic E-state index is 12.6. The lowest BCUT2D eigenvalue weighted by molar-refractivity contribution is -0.193. The number of rotatable bonds is 3. The van der Waals surface area contributed by atoms with E-state index in [1.54, 1.807) is 0 Å². The number of carboxylic acid groups (broad SMARTS) is 2. The van der Waals surface area contributed by atoms with E-state index in [-0.39, 0.29) is 11.5 Å². The number of hydrogen-bond donors (Lipinski definition) is 2. The fourth-order valence-corrected chi connectivity index (χ4v) is 4.11. The van der Waals surface area contributed by atoms with Crippen LogP contribution in [0.5, 0.6) is 0 Å². The molecule has 2 fully saturated rings. The van der Waals surface area contributed by atoms with Crippen molar-refractivity contribution in [2.24, 2.45) is 5.92 Å². The standard InChI is InChI=1S/C18H27N3O.2C2HF3O2/c1-15(2)17(22)21-11-5-8-18(21)7-4-10-20(14-18)13-16-6-3-9-19-12-16;2*3-2(4,5)1(6)7/h3,6,9,12,15H,4-5,7-8,10-11,13-14H2,1-2H3;2*(H,6,7). The molecule has 1 unspecified atom stereocenters. The minimum absolute atomic E-state index is 0.0851. The molecule has 2 aliphatic rings. The van der Waals surface area contributed by atoms with Gasteiger partial charge in [0.25, 0.3) is 0 Å². The molecule has 0 radical (unpaired) electrons. The summed E-state index contributed by atoms with van der Waals surface area (Å²) in [5.41, 5.74) is 1.35. The number of halogens is 6. The number of carboxylic acids is 2. The van der Waals surface area contributed by atoms with Crippen LogP contribution < -0.4 is 0 Å². The molecule has 0 aliphatic carbocycles. The number of nitrogens with zero attached hydrogens (tertiary/aromatic N) is 3. The zero-order valence-electron chi connectivity index (χ0n) is 19.8. The van der Waals surface area contributed by atoms with Crippen LogP contribution in [0.25, 0.3) is 0 Å². The number of carbonyl (C=O) groups is 3. The first-order chi connectivity index (χ1) is 16.5. The SMILES string of the molecule is CC(C)C(=O)N1CCCC12CCCN(Cc1cccnc1)C2.O=C(O)C(F)(F)F.O=C(O)C(F)(F)F. The normalized spacial score (nSPS) is 20.3. The summed E-state index contributed by atoms with van der Waals surface area (Å²) < 4.78 is 63.5. The van der Waals surface area contributed by atoms with Crippen LogP contribution in [0.4, 0.5) is 26.3 Å². The van der Waals surface area contributed by atoms with Gasteiger partial charge < -0.3 is 15.1 Å². The Balaban J connectivity index is 0.000000383. The molecular weight excluding hydrogens is 500 g/mol. The Morgan fingerprint density at radius 3 is 1.92 bits per heavy atom. The third kappa shape index (κ3) is 9.63. The fraction of sp³-hybridized carbons (Fsp3) is 0.636. The van der Waals surface area contributed by atoms with Crippen molar-refractivity contribution in [1.29, 1.82) is 0 Å². The number of aromatic nitrogens is 1. The van der Waals surface area contributed by atoms with Gasteiger partial charge in [-0.2, -0.15) is 26.3 Å². The summed E-state index contributed by atoms with van der Waals surface area (Å²) in [6, 6.07) is 4.14. The lowest BCUT2D eigenvalue weighted by Crippen LogP contribution is -2.57. The van der Waals surface area contributed by atoms with E-state index >= 15 is 0 Å². The van der Waals surface area contributed by atoms with Crippen LogP contribution in [-0.2, 0) is 20.9 Å². The van der Waals surface area contributed by atoms with Gasteiger partial charge in [0.2, 0.25) is 5.91 Å². The first kappa shape index (κ1) is 31.1. The van der Waals surface area contributed by atoms with Gasteiger partial charge in [0.05, 0.1) is 5.54 Å². The highest BCUT2D eigenvalue weighted by Gasteiger charge is 2.46. The third-order valence-electron chi connectivity index (χ3n) is 5.60. The summed E-state index contributed by atoms with van der Waals surface area (Å²) >= 11 is 0. The van der Waals surface area contributed by atoms with E-state index in [1.807, 2.05) is 32.3 Å². The molecule has 1 atom stereocenters. The Labute approximate surface area is 203 Å². The Morgan fingerprint density at radius 2 is 1.50 bits per heavy atom. The van der Waals surface area contributed by atoms with Gasteiger partial charge in [-0.05, 0) is 43.9 Å². The molecular formula is C22H29F6N3O5. The van der Waals surface area contributed by atoms with Crippen molar-refractivity contribution < 1.29 is 50.9 Å². The Hall–Kier alpha value is -2.90. The predicted molar refractivity (Wildman–Crippen MR) is 115 cm³/mol. The second-order valence-corrected chi connectivity index (χ2v) is 8.75. The molecule has 204 valence electrons. The summed E-state index contributed by atoms with van der Waals surface area (Å²) in [7, 11) is 0. The number of alkyl halides is 6. The summed E-state index contributed by atoms with van der Waals surface area (Å²) in [6.45, 7) is 8.06. The van der Waals surface area contributed by atoms with Crippen molar-refractivity contribution in [3.8, 4) is 0 Å². The molecule has 8 nitrogen and oxygen atoms in total. The van der Waals surface area contributed by atoms with Gasteiger partial charge in [-0.1, -0.05) is 19.9 Å². The number of pyridine rings is 1. The van der Waals surface area contributed by atoms with Gasteiger partial charge in [0.1, 0.15) is 0 Å². The van der Waals surface area contributed by atoms with Gasteiger partial charge in [-0.25, -0.2) is 9.59 Å². The Kier molecular flexibility index (Phi) is 11.1. The number of aliphatic carboxylic acids is 2. The van der Waals surface area contributed by atoms with Crippen molar-refractivity contribution >= 4 is 17.8 Å². The smallest absolute Gasteiger partial charge is 0.475 e. The van der Waals surface area contributed by atoms with Crippen LogP contribution in [0.1, 0.15) is 45.1 Å². The molecule has 2 saturated heterocycles. The van der Waals surface area contributed by atoms with Crippen LogP contribution in [0.3, 0.4) is 0 Å². The largest absolute Gasteiger partial charge is 0.490 e. The Morgan fingerprint density at radius 1 is 1.00 bits per heavy atom. The zero-order chi connectivity index (χ0) is 27.7. The van der Waals surface area contributed by atoms with E-state index < -0.39 is 24.3 Å². The average Bonchev–Trinajstić information content (AvgIpc) is 3.15. The summed E-state index contributed by atoms with van der Waals surface area (Å²) in [5.74, 6) is -5.08. The molecule has 2 N–H and O–H groups in total. The van der Waals surface area contributed by atoms with E-state index in [0.29, 0.717) is 5.91 Å². The average molecular weight is 529 g/mol. The van der Waals surface area contributed by atoms with Crippen LogP contribution >= 0.6 is 0 Å². The molecule has 0 bridgehead atoms. The number of piperidine rings is 1. The van der Waals surface area contributed by atoms with E-state index in [2.05, 4.69) is 20.9 Å². The fourth-order valence-electron chi connectivity index (χ4n) is 4.11. The van der Waals surface area contributed by atoms with Gasteiger partial charge in [-0.3, -0.25) is 14.7 Å². The first-order valence-corrected chi connectivity index (χ1v) is 11.0. The van der Waals surface area contributed by atoms with Crippen molar-refractivity contribution in [1.82, 2.24) is 14.8 Å². The van der Waals surface area contributed by atoms with E-state index in [0.717, 1.165) is 45.4 Å². The topological polar surface area (TPSA) is 111 Å². The maximum absolute atomic E-state index is 12.6. The number of hydrogen-bond acceptors (Lipinski definition) is 5. The molecule has 1 spiro atoms. The molecule has 0 aromatic carbocycles. The van der Waals surface area contributed by atoms with Crippen molar-refractivity contribution in [3.05, 3.63) is 30.1 Å². The van der Waals surface area contributed by atoms with Crippen LogP contribution in [0, 0.1) is 5.92 Å². The highest BCUT2D eigenvalue weighted by molar-refractivity contribution is 5.79. The van der Waals surface area contributed by atoms with Gasteiger partial charge in [-0.15, -0.1) is 0 Å². The molecule has 14 heteroatoms. The maximum Gasteiger partial charge on any atom is 0.490 e. The predicted octanol–water partition coefficient (Wildman–Crippen LogP) is 3.96. The van der Waals surface area contributed by atoms with Gasteiger partial charge in [0.15, 0.2) is 0 Å². The van der Waals surface area contributed by atoms with E-state index in [4.69, 9.17) is 19.8 Å². The summed E-state index contributed by atoms with van der Waals surface area (Å²) in [6.07, 6.45) is -1.74. The number of amides is 1. The molecule has 3 rings (SSSR count). The first-order valence-electron chi connectivity index (χ1n) is 11.0. The quantitative estimate of drug-likeness (QED) is 0.571. The third-order valence-corrected chi connectivity index (χ3v) is 5.60. The summed E-state index contributed by atoms with van der Waals surface area (Å²) in [5, 5.41) is 14.2. The molecule has 0 saturated carbocycles. The van der Waals surface area contributed by atoms with E-state index in [9.17, 15) is 31.1 Å². The molecule has 1 aromatic rings. The molecule has 3 heterocycles. The lowest BCUT2D eigenvalue weighted by atomic mass is 9.85. The Bertz CT molecular complexity index is 855.